The highest BCUT2D eigenvalue weighted by Gasteiger charge is 2.13. The van der Waals surface area contributed by atoms with Crippen LogP contribution in [0.3, 0.4) is 0 Å². The van der Waals surface area contributed by atoms with Crippen LogP contribution in [-0.4, -0.2) is 24.5 Å². The van der Waals surface area contributed by atoms with E-state index in [0.29, 0.717) is 16.9 Å². The second kappa shape index (κ2) is 9.23. The fourth-order valence-electron chi connectivity index (χ4n) is 2.43. The van der Waals surface area contributed by atoms with Crippen LogP contribution < -0.4 is 22.5 Å². The lowest BCUT2D eigenvalue weighted by atomic mass is 10.1. The molecule has 0 amide bonds. The number of rotatable bonds is 6. The summed E-state index contributed by atoms with van der Waals surface area (Å²) in [5.74, 6) is -0.770. The first-order valence-electron chi connectivity index (χ1n) is 8.47. The topological polar surface area (TPSA) is 141 Å². The fraction of sp³-hybridized carbons (Fsp3) is 0.211. The molecule has 0 aliphatic heterocycles. The summed E-state index contributed by atoms with van der Waals surface area (Å²) in [7, 11) is 0. The minimum atomic E-state index is -0.447. The smallest absolute Gasteiger partial charge is 0.338 e. The molecule has 0 aliphatic carbocycles. The van der Waals surface area contributed by atoms with Gasteiger partial charge in [-0.15, -0.1) is 0 Å². The Kier molecular flexibility index (Phi) is 6.76. The molecule has 27 heavy (non-hydrogen) atoms. The van der Waals surface area contributed by atoms with Crippen molar-refractivity contribution in [3.8, 4) is 0 Å². The van der Waals surface area contributed by atoms with E-state index in [0.717, 1.165) is 5.56 Å². The van der Waals surface area contributed by atoms with Crippen molar-refractivity contribution in [2.75, 3.05) is 11.9 Å². The van der Waals surface area contributed by atoms with E-state index in [-0.39, 0.29) is 24.6 Å². The molecule has 7 N–H and O–H groups in total. The molecule has 0 fully saturated rings. The zero-order valence-corrected chi connectivity index (χ0v) is 15.3. The second-order valence-electron chi connectivity index (χ2n) is 5.74. The fourth-order valence-corrected chi connectivity index (χ4v) is 2.43. The van der Waals surface area contributed by atoms with E-state index in [9.17, 15) is 4.79 Å². The molecule has 2 aromatic carbocycles. The monoisotopic (exact) mass is 368 g/mol. The highest BCUT2D eigenvalue weighted by Crippen LogP contribution is 2.30. The quantitative estimate of drug-likeness (QED) is 0.350. The van der Waals surface area contributed by atoms with E-state index in [2.05, 4.69) is 15.3 Å². The third-order valence-electron chi connectivity index (χ3n) is 3.66. The number of nitrogens with one attached hydrogen (secondary N) is 1. The Morgan fingerprint density at radius 1 is 1.15 bits per heavy atom. The lowest BCUT2D eigenvalue weighted by Gasteiger charge is -2.18. The van der Waals surface area contributed by atoms with Gasteiger partial charge in [0.1, 0.15) is 0 Å². The van der Waals surface area contributed by atoms with Crippen LogP contribution in [0.25, 0.3) is 0 Å². The predicted octanol–water partition coefficient (Wildman–Crippen LogP) is 2.26. The molecule has 142 valence electrons. The Hall–Kier alpha value is -3.55. The first kappa shape index (κ1) is 19.8. The number of benzene rings is 2. The summed E-state index contributed by atoms with van der Waals surface area (Å²) in [6.07, 6.45) is 0. The van der Waals surface area contributed by atoms with Gasteiger partial charge >= 0.3 is 5.97 Å². The van der Waals surface area contributed by atoms with Crippen molar-refractivity contribution in [3.05, 3.63) is 59.7 Å². The number of carbonyl (C=O) groups excluding carboxylic acids is 1. The van der Waals surface area contributed by atoms with Gasteiger partial charge in [-0.25, -0.2) is 9.79 Å². The van der Waals surface area contributed by atoms with Crippen LogP contribution in [0.4, 0.5) is 11.4 Å². The van der Waals surface area contributed by atoms with Gasteiger partial charge in [-0.2, -0.15) is 4.99 Å². The molecule has 8 nitrogen and oxygen atoms in total. The number of carbonyl (C=O) groups is 1. The van der Waals surface area contributed by atoms with Crippen LogP contribution >= 0.6 is 0 Å². The number of nitrogens with two attached hydrogens (primary N) is 3. The third kappa shape index (κ3) is 5.74. The maximum absolute atomic E-state index is 12.0. The SMILES string of the molecule is CCOC(=O)c1ccc(NC(C)c2ccccc2)c(N=C(N)N=C(N)N)c1. The highest BCUT2D eigenvalue weighted by molar-refractivity contribution is 5.96. The van der Waals surface area contributed by atoms with Crippen LogP contribution in [0, 0.1) is 0 Å². The molecule has 2 aromatic rings. The van der Waals surface area contributed by atoms with Gasteiger partial charge in [-0.1, -0.05) is 30.3 Å². The number of aliphatic imine (C=N–C) groups is 2. The van der Waals surface area contributed by atoms with Gasteiger partial charge in [-0.3, -0.25) is 0 Å². The van der Waals surface area contributed by atoms with E-state index in [1.807, 2.05) is 37.3 Å². The Morgan fingerprint density at radius 2 is 1.85 bits per heavy atom. The Balaban J connectivity index is 2.40. The molecule has 0 saturated heterocycles. The first-order valence-corrected chi connectivity index (χ1v) is 8.47. The number of nitrogens with zero attached hydrogens (tertiary/aromatic N) is 2. The number of ether oxygens (including phenoxy) is 1. The average Bonchev–Trinajstić information content (AvgIpc) is 2.63. The molecule has 2 rings (SSSR count). The maximum Gasteiger partial charge on any atom is 0.338 e. The van der Waals surface area contributed by atoms with Crippen molar-refractivity contribution in [2.45, 2.75) is 19.9 Å². The molecule has 1 unspecified atom stereocenters. The highest BCUT2D eigenvalue weighted by atomic mass is 16.5. The lowest BCUT2D eigenvalue weighted by Crippen LogP contribution is -2.26. The third-order valence-corrected chi connectivity index (χ3v) is 3.66. The summed E-state index contributed by atoms with van der Waals surface area (Å²) in [6.45, 7) is 4.03. The molecule has 0 spiro atoms. The minimum absolute atomic E-state index is 0.00195. The summed E-state index contributed by atoms with van der Waals surface area (Å²) in [4.78, 5) is 20.0. The lowest BCUT2D eigenvalue weighted by molar-refractivity contribution is 0.0526. The number of hydrogen-bond acceptors (Lipinski definition) is 4. The van der Waals surface area contributed by atoms with Crippen molar-refractivity contribution in [3.63, 3.8) is 0 Å². The molecule has 0 heterocycles. The van der Waals surface area contributed by atoms with E-state index in [1.165, 1.54) is 0 Å². The summed E-state index contributed by atoms with van der Waals surface area (Å²) in [5, 5.41) is 3.36. The Morgan fingerprint density at radius 3 is 2.48 bits per heavy atom. The minimum Gasteiger partial charge on any atom is -0.462 e. The molecule has 0 aliphatic rings. The van der Waals surface area contributed by atoms with Crippen LogP contribution in [0.15, 0.2) is 58.5 Å². The Labute approximate surface area is 158 Å². The summed E-state index contributed by atoms with van der Waals surface area (Å²) >= 11 is 0. The maximum atomic E-state index is 12.0. The predicted molar refractivity (Wildman–Crippen MR) is 108 cm³/mol. The van der Waals surface area contributed by atoms with Gasteiger partial charge in [0.25, 0.3) is 0 Å². The van der Waals surface area contributed by atoms with Crippen molar-refractivity contribution in [2.24, 2.45) is 27.2 Å². The average molecular weight is 368 g/mol. The Bertz CT molecular complexity index is 845. The molecular weight excluding hydrogens is 344 g/mol. The van der Waals surface area contributed by atoms with Crippen molar-refractivity contribution >= 4 is 29.3 Å². The van der Waals surface area contributed by atoms with Gasteiger partial charge in [-0.05, 0) is 37.6 Å². The van der Waals surface area contributed by atoms with E-state index >= 15 is 0 Å². The van der Waals surface area contributed by atoms with Crippen molar-refractivity contribution < 1.29 is 9.53 Å². The molecular formula is C19H24N6O2. The van der Waals surface area contributed by atoms with Gasteiger partial charge in [0.15, 0.2) is 5.96 Å². The largest absolute Gasteiger partial charge is 0.462 e. The molecule has 0 aromatic heterocycles. The molecule has 8 heteroatoms. The number of anilines is 1. The van der Waals surface area contributed by atoms with Crippen LogP contribution in [0.5, 0.6) is 0 Å². The number of esters is 1. The van der Waals surface area contributed by atoms with Gasteiger partial charge in [0.05, 0.1) is 23.5 Å². The summed E-state index contributed by atoms with van der Waals surface area (Å²) in [6, 6.07) is 14.9. The van der Waals surface area contributed by atoms with Crippen molar-refractivity contribution in [1.29, 1.82) is 0 Å². The summed E-state index contributed by atoms with van der Waals surface area (Å²) in [5.41, 5.74) is 19.0. The van der Waals surface area contributed by atoms with Crippen LogP contribution in [0.1, 0.15) is 35.8 Å². The first-order chi connectivity index (χ1) is 12.9. The normalized spacial score (nSPS) is 12.1. The van der Waals surface area contributed by atoms with Crippen LogP contribution in [0.2, 0.25) is 0 Å². The second-order valence-corrected chi connectivity index (χ2v) is 5.74. The van der Waals surface area contributed by atoms with E-state index < -0.39 is 5.97 Å². The van der Waals surface area contributed by atoms with E-state index in [4.69, 9.17) is 21.9 Å². The zero-order chi connectivity index (χ0) is 19.8. The number of guanidine groups is 2. The van der Waals surface area contributed by atoms with E-state index in [1.54, 1.807) is 25.1 Å². The molecule has 1 atom stereocenters. The van der Waals surface area contributed by atoms with Crippen LogP contribution in [-0.2, 0) is 4.74 Å². The summed E-state index contributed by atoms with van der Waals surface area (Å²) < 4.78 is 5.04. The van der Waals surface area contributed by atoms with Gasteiger partial charge in [0.2, 0.25) is 5.96 Å². The van der Waals surface area contributed by atoms with Crippen molar-refractivity contribution in [1.82, 2.24) is 0 Å². The molecule has 0 bridgehead atoms. The zero-order valence-electron chi connectivity index (χ0n) is 15.3. The van der Waals surface area contributed by atoms with Gasteiger partial charge < -0.3 is 27.3 Å². The standard InChI is InChI=1S/C19H24N6O2/c1-3-27-17(26)14-9-10-15(16(11-14)24-19(22)25-18(20)21)23-12(2)13-7-5-4-6-8-13/h4-12,23H,3H2,1-2H3,(H6,20,21,22,24,25). The molecule has 0 radical (unpaired) electrons. The number of hydrogen-bond donors (Lipinski definition) is 4. The van der Waals surface area contributed by atoms with Gasteiger partial charge in [0, 0.05) is 6.04 Å². The molecule has 0 saturated carbocycles.